The van der Waals surface area contributed by atoms with Crippen LogP contribution in [-0.2, 0) is 0 Å². The van der Waals surface area contributed by atoms with Gasteiger partial charge in [-0.15, -0.1) is 0 Å². The van der Waals surface area contributed by atoms with Crippen LogP contribution in [0.15, 0.2) is 53.1 Å². The maximum atomic E-state index is 13.6. The Morgan fingerprint density at radius 3 is 2.37 bits per heavy atom. The zero-order chi connectivity index (χ0) is 13.2. The molecule has 19 heavy (non-hydrogen) atoms. The smallest absolute Gasteiger partial charge is 0.261 e. The first-order chi connectivity index (χ1) is 9.24. The van der Waals surface area contributed by atoms with Gasteiger partial charge in [0.25, 0.3) is 5.89 Å². The van der Waals surface area contributed by atoms with Crippen molar-refractivity contribution in [3.63, 3.8) is 0 Å². The summed E-state index contributed by atoms with van der Waals surface area (Å²) < 4.78 is 31.4. The topological polar surface area (TPSA) is 38.9 Å². The zero-order valence-corrected chi connectivity index (χ0v) is 9.68. The molecule has 3 nitrogen and oxygen atoms in total. The van der Waals surface area contributed by atoms with Crippen molar-refractivity contribution in [2.24, 2.45) is 0 Å². The highest BCUT2D eigenvalue weighted by Crippen LogP contribution is 2.24. The van der Waals surface area contributed by atoms with Crippen molar-refractivity contribution in [2.75, 3.05) is 0 Å². The number of benzene rings is 2. The van der Waals surface area contributed by atoms with Crippen LogP contribution >= 0.6 is 0 Å². The first-order valence-corrected chi connectivity index (χ1v) is 5.58. The highest BCUT2D eigenvalue weighted by molar-refractivity contribution is 5.59. The summed E-state index contributed by atoms with van der Waals surface area (Å²) in [6.45, 7) is 0. The van der Waals surface area contributed by atoms with Gasteiger partial charge in [-0.25, -0.2) is 8.78 Å². The van der Waals surface area contributed by atoms with Crippen molar-refractivity contribution in [1.82, 2.24) is 10.1 Å². The molecule has 0 saturated heterocycles. The lowest BCUT2D eigenvalue weighted by atomic mass is 10.2. The van der Waals surface area contributed by atoms with Gasteiger partial charge in [0.05, 0.1) is 5.56 Å². The van der Waals surface area contributed by atoms with E-state index in [2.05, 4.69) is 10.1 Å². The first-order valence-electron chi connectivity index (χ1n) is 5.58. The second-order valence-corrected chi connectivity index (χ2v) is 3.91. The summed E-state index contributed by atoms with van der Waals surface area (Å²) in [5.74, 6) is -0.394. The van der Waals surface area contributed by atoms with Crippen LogP contribution in [0.4, 0.5) is 8.78 Å². The molecular formula is C14H8F2N2O. The summed E-state index contributed by atoms with van der Waals surface area (Å²) in [7, 11) is 0. The fraction of sp³-hybridized carbons (Fsp3) is 0. The Labute approximate surface area is 107 Å². The average molecular weight is 258 g/mol. The van der Waals surface area contributed by atoms with Gasteiger partial charge < -0.3 is 4.52 Å². The number of hydrogen-bond acceptors (Lipinski definition) is 3. The quantitative estimate of drug-likeness (QED) is 0.703. The summed E-state index contributed by atoms with van der Waals surface area (Å²) in [6.07, 6.45) is 0. The van der Waals surface area contributed by atoms with Crippen LogP contribution in [0, 0.1) is 11.6 Å². The van der Waals surface area contributed by atoms with Crippen molar-refractivity contribution in [3.05, 3.63) is 60.2 Å². The van der Waals surface area contributed by atoms with E-state index in [1.165, 1.54) is 30.3 Å². The molecule has 0 bridgehead atoms. The monoisotopic (exact) mass is 258 g/mol. The Hall–Kier alpha value is -2.56. The van der Waals surface area contributed by atoms with E-state index in [0.29, 0.717) is 11.4 Å². The molecule has 0 radical (unpaired) electrons. The third kappa shape index (κ3) is 2.22. The first kappa shape index (κ1) is 11.5. The van der Waals surface area contributed by atoms with Crippen LogP contribution in [0.2, 0.25) is 0 Å². The fourth-order valence-electron chi connectivity index (χ4n) is 1.68. The highest BCUT2D eigenvalue weighted by atomic mass is 19.1. The summed E-state index contributed by atoms with van der Waals surface area (Å²) in [5.41, 5.74) is 0.844. The number of halogens is 2. The largest absolute Gasteiger partial charge is 0.334 e. The second kappa shape index (κ2) is 4.61. The van der Waals surface area contributed by atoms with Crippen LogP contribution in [0.25, 0.3) is 22.8 Å². The number of nitrogens with zero attached hydrogens (tertiary/aromatic N) is 2. The van der Waals surface area contributed by atoms with E-state index in [1.807, 2.05) is 0 Å². The van der Waals surface area contributed by atoms with Crippen molar-refractivity contribution in [1.29, 1.82) is 0 Å². The maximum absolute atomic E-state index is 13.6. The predicted octanol–water partition coefficient (Wildman–Crippen LogP) is 3.68. The molecule has 3 rings (SSSR count). The van der Waals surface area contributed by atoms with E-state index in [4.69, 9.17) is 4.52 Å². The molecule has 0 atom stereocenters. The van der Waals surface area contributed by atoms with Gasteiger partial charge in [0.1, 0.15) is 11.6 Å². The van der Waals surface area contributed by atoms with E-state index < -0.39 is 5.82 Å². The van der Waals surface area contributed by atoms with Gasteiger partial charge in [0.2, 0.25) is 5.82 Å². The molecule has 0 unspecified atom stereocenters. The molecule has 2 aromatic carbocycles. The zero-order valence-electron chi connectivity index (χ0n) is 9.68. The summed E-state index contributed by atoms with van der Waals surface area (Å²) in [6, 6.07) is 11.8. The van der Waals surface area contributed by atoms with E-state index in [-0.39, 0.29) is 17.3 Å². The molecule has 0 amide bonds. The SMILES string of the molecule is Fc1ccc(-c2noc(-c3ccccc3F)n2)cc1. The van der Waals surface area contributed by atoms with E-state index in [1.54, 1.807) is 18.2 Å². The number of hydrogen-bond donors (Lipinski definition) is 0. The molecule has 5 heteroatoms. The molecule has 0 aliphatic heterocycles. The van der Waals surface area contributed by atoms with Crippen LogP contribution < -0.4 is 0 Å². The average Bonchev–Trinajstić information content (AvgIpc) is 2.89. The van der Waals surface area contributed by atoms with Crippen LogP contribution in [-0.4, -0.2) is 10.1 Å². The summed E-state index contributed by atoms with van der Waals surface area (Å²) in [4.78, 5) is 4.10. The third-order valence-corrected chi connectivity index (χ3v) is 2.63. The van der Waals surface area contributed by atoms with E-state index in [0.717, 1.165) is 0 Å². The van der Waals surface area contributed by atoms with Crippen molar-refractivity contribution in [2.45, 2.75) is 0 Å². The second-order valence-electron chi connectivity index (χ2n) is 3.91. The molecule has 1 aromatic heterocycles. The lowest BCUT2D eigenvalue weighted by molar-refractivity contribution is 0.429. The Balaban J connectivity index is 2.00. The predicted molar refractivity (Wildman–Crippen MR) is 65.1 cm³/mol. The molecule has 1 heterocycles. The Morgan fingerprint density at radius 2 is 1.63 bits per heavy atom. The fourth-order valence-corrected chi connectivity index (χ4v) is 1.68. The minimum atomic E-state index is -0.434. The summed E-state index contributed by atoms with van der Waals surface area (Å²) in [5, 5.41) is 3.76. The Morgan fingerprint density at radius 1 is 0.895 bits per heavy atom. The third-order valence-electron chi connectivity index (χ3n) is 2.63. The van der Waals surface area contributed by atoms with Gasteiger partial charge in [-0.3, -0.25) is 0 Å². The highest BCUT2D eigenvalue weighted by Gasteiger charge is 2.13. The molecule has 0 spiro atoms. The maximum Gasteiger partial charge on any atom is 0.261 e. The van der Waals surface area contributed by atoms with Crippen LogP contribution in [0.5, 0.6) is 0 Å². The molecule has 0 fully saturated rings. The lowest BCUT2D eigenvalue weighted by Gasteiger charge is -1.95. The lowest BCUT2D eigenvalue weighted by Crippen LogP contribution is -1.84. The minimum Gasteiger partial charge on any atom is -0.334 e. The van der Waals surface area contributed by atoms with Gasteiger partial charge in [0.15, 0.2) is 0 Å². The molecule has 0 N–H and O–H groups in total. The van der Waals surface area contributed by atoms with Crippen molar-refractivity contribution < 1.29 is 13.3 Å². The van der Waals surface area contributed by atoms with Gasteiger partial charge in [-0.1, -0.05) is 17.3 Å². The van der Waals surface area contributed by atoms with Gasteiger partial charge in [-0.05, 0) is 36.4 Å². The molecule has 0 saturated carbocycles. The van der Waals surface area contributed by atoms with E-state index >= 15 is 0 Å². The minimum absolute atomic E-state index is 0.0948. The van der Waals surface area contributed by atoms with Gasteiger partial charge in [-0.2, -0.15) is 4.98 Å². The van der Waals surface area contributed by atoms with Crippen LogP contribution in [0.1, 0.15) is 0 Å². The number of aromatic nitrogens is 2. The van der Waals surface area contributed by atoms with Gasteiger partial charge >= 0.3 is 0 Å². The summed E-state index contributed by atoms with van der Waals surface area (Å²) >= 11 is 0. The molecule has 3 aromatic rings. The number of rotatable bonds is 2. The van der Waals surface area contributed by atoms with Crippen LogP contribution in [0.3, 0.4) is 0 Å². The molecule has 0 aliphatic rings. The molecule has 0 aliphatic carbocycles. The van der Waals surface area contributed by atoms with E-state index in [9.17, 15) is 8.78 Å². The Kier molecular flexibility index (Phi) is 2.79. The molecular weight excluding hydrogens is 250 g/mol. The molecule has 94 valence electrons. The van der Waals surface area contributed by atoms with Crippen molar-refractivity contribution >= 4 is 0 Å². The van der Waals surface area contributed by atoms with Crippen molar-refractivity contribution in [3.8, 4) is 22.8 Å². The standard InChI is InChI=1S/C14H8F2N2O/c15-10-7-5-9(6-8-10)13-17-14(19-18-13)11-3-1-2-4-12(11)16/h1-8H. The van der Waals surface area contributed by atoms with Gasteiger partial charge in [0, 0.05) is 5.56 Å². The normalized spacial score (nSPS) is 10.6. The Bertz CT molecular complexity index is 707.